The Bertz CT molecular complexity index is 914. The molecule has 5 heteroatoms. The van der Waals surface area contributed by atoms with E-state index in [1.54, 1.807) is 4.68 Å². The van der Waals surface area contributed by atoms with Gasteiger partial charge in [0.2, 0.25) is 0 Å². The van der Waals surface area contributed by atoms with Gasteiger partial charge in [-0.1, -0.05) is 30.3 Å². The molecule has 1 aliphatic rings. The first-order valence-corrected chi connectivity index (χ1v) is 8.17. The molecule has 1 aromatic heterocycles. The first kappa shape index (κ1) is 14.8. The van der Waals surface area contributed by atoms with Gasteiger partial charge < -0.3 is 10.1 Å². The van der Waals surface area contributed by atoms with Crippen LogP contribution < -0.4 is 10.1 Å². The topological polar surface area (TPSA) is 56.2 Å². The van der Waals surface area contributed by atoms with Crippen molar-refractivity contribution in [2.24, 2.45) is 7.05 Å². The summed E-state index contributed by atoms with van der Waals surface area (Å²) >= 11 is 0. The number of benzene rings is 2. The highest BCUT2D eigenvalue weighted by molar-refractivity contribution is 5.92. The van der Waals surface area contributed by atoms with Gasteiger partial charge in [0.25, 0.3) is 5.91 Å². The Hall–Kier alpha value is -2.82. The number of nitrogens with one attached hydrogen (secondary N) is 1. The summed E-state index contributed by atoms with van der Waals surface area (Å²) in [5.41, 5.74) is 2.26. The molecule has 122 valence electrons. The Balaban J connectivity index is 1.43. The van der Waals surface area contributed by atoms with Crippen LogP contribution in [0.1, 0.15) is 17.7 Å². The Kier molecular flexibility index (Phi) is 3.69. The molecule has 1 N–H and O–H groups in total. The lowest BCUT2D eigenvalue weighted by molar-refractivity contribution is -0.118. The van der Waals surface area contributed by atoms with E-state index in [-0.39, 0.29) is 12.5 Å². The van der Waals surface area contributed by atoms with Crippen molar-refractivity contribution in [1.29, 1.82) is 0 Å². The molecule has 5 nitrogen and oxygen atoms in total. The molecule has 1 amide bonds. The number of aromatic nitrogens is 2. The highest BCUT2D eigenvalue weighted by Gasteiger charge is 2.22. The van der Waals surface area contributed by atoms with Crippen molar-refractivity contribution in [1.82, 2.24) is 9.78 Å². The Labute approximate surface area is 140 Å². The van der Waals surface area contributed by atoms with Gasteiger partial charge in [0, 0.05) is 12.6 Å². The maximum atomic E-state index is 12.2. The molecule has 3 aromatic rings. The molecule has 4 rings (SSSR count). The Morgan fingerprint density at radius 3 is 2.92 bits per heavy atom. The van der Waals surface area contributed by atoms with Gasteiger partial charge in [-0.05, 0) is 42.2 Å². The van der Waals surface area contributed by atoms with E-state index in [4.69, 9.17) is 4.74 Å². The summed E-state index contributed by atoms with van der Waals surface area (Å²) in [4.78, 5) is 12.2. The second-order valence-corrected chi connectivity index (χ2v) is 6.10. The first-order chi connectivity index (χ1) is 11.7. The number of rotatable bonds is 4. The Morgan fingerprint density at radius 1 is 1.21 bits per heavy atom. The van der Waals surface area contributed by atoms with E-state index in [0.717, 1.165) is 47.1 Å². The SMILES string of the molecule is Cn1nc2c(c1NC(=O)COc1ccc3ccccc3c1)CCC2. The zero-order valence-corrected chi connectivity index (χ0v) is 13.6. The van der Waals surface area contributed by atoms with Crippen LogP contribution in [0.3, 0.4) is 0 Å². The molecule has 0 saturated heterocycles. The van der Waals surface area contributed by atoms with Crippen LogP contribution in [0.5, 0.6) is 5.75 Å². The van der Waals surface area contributed by atoms with Gasteiger partial charge in [0.1, 0.15) is 11.6 Å². The summed E-state index contributed by atoms with van der Waals surface area (Å²) in [6.07, 6.45) is 3.08. The van der Waals surface area contributed by atoms with Crippen molar-refractivity contribution in [2.75, 3.05) is 11.9 Å². The zero-order valence-electron chi connectivity index (χ0n) is 13.6. The lowest BCUT2D eigenvalue weighted by Gasteiger charge is -2.09. The number of carbonyl (C=O) groups excluding carboxylic acids is 1. The number of fused-ring (bicyclic) bond motifs is 2. The predicted octanol–water partition coefficient (Wildman–Crippen LogP) is 3.08. The van der Waals surface area contributed by atoms with Gasteiger partial charge >= 0.3 is 0 Å². The summed E-state index contributed by atoms with van der Waals surface area (Å²) in [5.74, 6) is 1.33. The van der Waals surface area contributed by atoms with E-state index in [1.807, 2.05) is 43.4 Å². The molecule has 0 spiro atoms. The largest absolute Gasteiger partial charge is 0.484 e. The van der Waals surface area contributed by atoms with Crippen molar-refractivity contribution in [3.05, 3.63) is 53.7 Å². The van der Waals surface area contributed by atoms with Crippen LogP contribution in [-0.2, 0) is 24.7 Å². The van der Waals surface area contributed by atoms with Crippen molar-refractivity contribution in [3.63, 3.8) is 0 Å². The summed E-state index contributed by atoms with van der Waals surface area (Å²) in [6.45, 7) is -0.0156. The number of nitrogens with zero attached hydrogens (tertiary/aromatic N) is 2. The number of anilines is 1. The number of hydrogen-bond donors (Lipinski definition) is 1. The maximum absolute atomic E-state index is 12.2. The van der Waals surface area contributed by atoms with Crippen molar-refractivity contribution in [3.8, 4) is 5.75 Å². The van der Waals surface area contributed by atoms with E-state index < -0.39 is 0 Å². The molecule has 0 unspecified atom stereocenters. The van der Waals surface area contributed by atoms with E-state index in [1.165, 1.54) is 0 Å². The number of amides is 1. The minimum atomic E-state index is -0.166. The monoisotopic (exact) mass is 321 g/mol. The summed E-state index contributed by atoms with van der Waals surface area (Å²) in [6, 6.07) is 13.9. The van der Waals surface area contributed by atoms with E-state index in [2.05, 4.69) is 16.5 Å². The smallest absolute Gasteiger partial charge is 0.263 e. The van der Waals surface area contributed by atoms with Crippen LogP contribution in [0, 0.1) is 0 Å². The van der Waals surface area contributed by atoms with Crippen LogP contribution in [0.25, 0.3) is 10.8 Å². The van der Waals surface area contributed by atoms with Crippen molar-refractivity contribution in [2.45, 2.75) is 19.3 Å². The standard InChI is InChI=1S/C19H19N3O2/c1-22-19(16-7-4-8-17(16)21-22)20-18(23)12-24-15-10-9-13-5-2-3-6-14(13)11-15/h2-3,5-6,9-11H,4,7-8,12H2,1H3,(H,20,23). The highest BCUT2D eigenvalue weighted by atomic mass is 16.5. The van der Waals surface area contributed by atoms with Gasteiger partial charge in [-0.2, -0.15) is 5.10 Å². The molecule has 1 aliphatic carbocycles. The van der Waals surface area contributed by atoms with Gasteiger partial charge in [0.05, 0.1) is 5.69 Å². The third-order valence-corrected chi connectivity index (χ3v) is 4.42. The summed E-state index contributed by atoms with van der Waals surface area (Å²) in [7, 11) is 1.86. The van der Waals surface area contributed by atoms with E-state index in [9.17, 15) is 4.79 Å². The average Bonchev–Trinajstić information content (AvgIpc) is 3.15. The minimum absolute atomic E-state index is 0.0156. The molecule has 0 atom stereocenters. The van der Waals surface area contributed by atoms with Crippen molar-refractivity contribution < 1.29 is 9.53 Å². The first-order valence-electron chi connectivity index (χ1n) is 8.17. The zero-order chi connectivity index (χ0) is 16.5. The number of aryl methyl sites for hydroxylation is 2. The van der Waals surface area contributed by atoms with E-state index in [0.29, 0.717) is 5.75 Å². The molecular weight excluding hydrogens is 302 g/mol. The molecule has 0 saturated carbocycles. The molecule has 0 radical (unpaired) electrons. The van der Waals surface area contributed by atoms with Crippen LogP contribution in [-0.4, -0.2) is 22.3 Å². The van der Waals surface area contributed by atoms with Gasteiger partial charge in [0.15, 0.2) is 6.61 Å². The minimum Gasteiger partial charge on any atom is -0.484 e. The van der Waals surface area contributed by atoms with Gasteiger partial charge in [-0.3, -0.25) is 9.48 Å². The summed E-state index contributed by atoms with van der Waals surface area (Å²) < 4.78 is 7.39. The maximum Gasteiger partial charge on any atom is 0.263 e. The normalized spacial score (nSPS) is 13.0. The van der Waals surface area contributed by atoms with Crippen LogP contribution in [0.15, 0.2) is 42.5 Å². The fraction of sp³-hybridized carbons (Fsp3) is 0.263. The average molecular weight is 321 g/mol. The molecule has 24 heavy (non-hydrogen) atoms. The second kappa shape index (κ2) is 6.00. The lowest BCUT2D eigenvalue weighted by atomic mass is 10.1. The molecule has 0 bridgehead atoms. The fourth-order valence-electron chi connectivity index (χ4n) is 3.25. The number of ether oxygens (including phenoxy) is 1. The van der Waals surface area contributed by atoms with Crippen molar-refractivity contribution >= 4 is 22.5 Å². The van der Waals surface area contributed by atoms with Crippen LogP contribution in [0.4, 0.5) is 5.82 Å². The third-order valence-electron chi connectivity index (χ3n) is 4.42. The van der Waals surface area contributed by atoms with Gasteiger partial charge in [-0.25, -0.2) is 0 Å². The van der Waals surface area contributed by atoms with Crippen LogP contribution >= 0.6 is 0 Å². The summed E-state index contributed by atoms with van der Waals surface area (Å²) in [5, 5.41) is 9.64. The Morgan fingerprint density at radius 2 is 2.04 bits per heavy atom. The lowest BCUT2D eigenvalue weighted by Crippen LogP contribution is -2.22. The quantitative estimate of drug-likeness (QED) is 0.803. The number of hydrogen-bond acceptors (Lipinski definition) is 3. The molecule has 2 aromatic carbocycles. The molecular formula is C19H19N3O2. The van der Waals surface area contributed by atoms with E-state index >= 15 is 0 Å². The third kappa shape index (κ3) is 2.73. The second-order valence-electron chi connectivity index (χ2n) is 6.10. The molecule has 0 fully saturated rings. The fourth-order valence-corrected chi connectivity index (χ4v) is 3.25. The molecule has 0 aliphatic heterocycles. The van der Waals surface area contributed by atoms with Gasteiger partial charge in [-0.15, -0.1) is 0 Å². The van der Waals surface area contributed by atoms with Crippen LogP contribution in [0.2, 0.25) is 0 Å². The number of carbonyl (C=O) groups is 1. The predicted molar refractivity (Wildman–Crippen MR) is 93.3 cm³/mol. The highest BCUT2D eigenvalue weighted by Crippen LogP contribution is 2.28. The molecule has 1 heterocycles.